The highest BCUT2D eigenvalue weighted by Crippen LogP contribution is 2.65. The number of nitrogens with zero attached hydrogens (tertiary/aromatic N) is 1. The molecule has 6 rings (SSSR count). The van der Waals surface area contributed by atoms with Crippen LogP contribution in [0, 0.1) is 5.92 Å². The van der Waals surface area contributed by atoms with Crippen LogP contribution in [-0.4, -0.2) is 70.5 Å². The molecule has 3 aliphatic carbocycles. The van der Waals surface area contributed by atoms with Gasteiger partial charge in [0.15, 0.2) is 23.4 Å². The number of alkyl halides is 3. The summed E-state index contributed by atoms with van der Waals surface area (Å²) in [5, 5.41) is 31.3. The van der Waals surface area contributed by atoms with Gasteiger partial charge in [0, 0.05) is 30.7 Å². The van der Waals surface area contributed by atoms with Gasteiger partial charge in [-0.1, -0.05) is 6.07 Å². The lowest BCUT2D eigenvalue weighted by molar-refractivity contribution is -0.950. The molecule has 1 saturated heterocycles. The van der Waals surface area contributed by atoms with Crippen LogP contribution in [0.3, 0.4) is 0 Å². The van der Waals surface area contributed by atoms with Crippen LogP contribution in [0.5, 0.6) is 11.5 Å². The molecule has 0 aromatic heterocycles. The van der Waals surface area contributed by atoms with E-state index in [1.807, 2.05) is 6.07 Å². The number of Topliss-reactive ketones (excluding diaryl/α,β-unsaturated/α-hetero) is 1. The van der Waals surface area contributed by atoms with E-state index < -0.39 is 29.3 Å². The van der Waals surface area contributed by atoms with E-state index in [9.17, 15) is 28.2 Å². The fourth-order valence-electron chi connectivity index (χ4n) is 6.94. The average Bonchev–Trinajstić information content (AvgIpc) is 3.45. The van der Waals surface area contributed by atoms with Crippen LogP contribution in [0.25, 0.3) is 0 Å². The minimum absolute atomic E-state index is 0.0789. The molecule has 1 aromatic rings. The Hall–Kier alpha value is -2.33. The molecule has 1 unspecified atom stereocenters. The molecule has 7 nitrogen and oxygen atoms in total. The maximum absolute atomic E-state index is 12.8. The third kappa shape index (κ3) is 3.02. The summed E-state index contributed by atoms with van der Waals surface area (Å²) in [7, 11) is 2.31. The fraction of sp³-hybridized carbons (Fsp3) is 0.652. The summed E-state index contributed by atoms with van der Waals surface area (Å²) in [5.74, 6) is -1.59. The lowest BCUT2D eigenvalue weighted by Gasteiger charge is -2.64. The molecule has 10 heteroatoms. The molecular formula is C23H26F3NO6. The van der Waals surface area contributed by atoms with Gasteiger partial charge in [-0.15, -0.1) is 0 Å². The van der Waals surface area contributed by atoms with Crippen molar-refractivity contribution in [3.05, 3.63) is 23.3 Å². The smallest absolute Gasteiger partial charge is 0.430 e. The first-order chi connectivity index (χ1) is 15.3. The van der Waals surface area contributed by atoms with Crippen molar-refractivity contribution < 1.29 is 47.3 Å². The minimum atomic E-state index is -5.19. The molecule has 2 bridgehead atoms. The van der Waals surface area contributed by atoms with Crippen LogP contribution in [0.15, 0.2) is 12.1 Å². The predicted octanol–water partition coefficient (Wildman–Crippen LogP) is 0.969. The number of halogens is 3. The zero-order valence-corrected chi connectivity index (χ0v) is 18.2. The Morgan fingerprint density at radius 1 is 1.30 bits per heavy atom. The van der Waals surface area contributed by atoms with Gasteiger partial charge in [0.2, 0.25) is 0 Å². The molecule has 5 aliphatic rings. The number of carboxylic acids is 1. The normalized spacial score (nSPS) is 38.0. The number of aliphatic hydroxyl groups is 1. The van der Waals surface area contributed by atoms with Crippen molar-refractivity contribution in [1.29, 1.82) is 0 Å². The van der Waals surface area contributed by atoms with Gasteiger partial charge in [0.05, 0.1) is 25.6 Å². The Morgan fingerprint density at radius 2 is 1.97 bits per heavy atom. The van der Waals surface area contributed by atoms with Gasteiger partial charge in [-0.25, -0.2) is 0 Å². The molecule has 2 saturated carbocycles. The van der Waals surface area contributed by atoms with E-state index in [0.717, 1.165) is 47.5 Å². The number of aromatic hydroxyl groups is 1. The van der Waals surface area contributed by atoms with Gasteiger partial charge >= 0.3 is 6.18 Å². The highest BCUT2D eigenvalue weighted by atomic mass is 19.4. The largest absolute Gasteiger partial charge is 0.542 e. The van der Waals surface area contributed by atoms with Crippen molar-refractivity contribution in [2.45, 2.75) is 67.9 Å². The summed E-state index contributed by atoms with van der Waals surface area (Å²) in [6.07, 6.45) is -0.777. The van der Waals surface area contributed by atoms with Gasteiger partial charge < -0.3 is 29.3 Å². The number of piperidine rings is 1. The van der Waals surface area contributed by atoms with Gasteiger partial charge in [0.25, 0.3) is 0 Å². The second kappa shape index (κ2) is 6.85. The number of likely N-dealkylation sites (N-methyl/N-ethyl adjacent to an activating group) is 1. The maximum atomic E-state index is 12.8. The number of hydrogen-bond donors (Lipinski definition) is 2. The van der Waals surface area contributed by atoms with Crippen molar-refractivity contribution >= 4 is 11.8 Å². The molecule has 1 spiro atoms. The van der Waals surface area contributed by atoms with Gasteiger partial charge in [-0.3, -0.25) is 4.79 Å². The highest BCUT2D eigenvalue weighted by molar-refractivity contribution is 5.90. The summed E-state index contributed by atoms with van der Waals surface area (Å²) < 4.78 is 38.5. The number of carboxylic acid groups (broad SMARTS) is 1. The van der Waals surface area contributed by atoms with Gasteiger partial charge in [-0.2, -0.15) is 13.2 Å². The highest BCUT2D eigenvalue weighted by Gasteiger charge is 2.76. The molecule has 2 aliphatic heterocycles. The fourth-order valence-corrected chi connectivity index (χ4v) is 6.94. The number of aliphatic carboxylic acids is 1. The first-order valence-corrected chi connectivity index (χ1v) is 11.2. The molecule has 33 heavy (non-hydrogen) atoms. The average molecular weight is 469 g/mol. The summed E-state index contributed by atoms with van der Waals surface area (Å²) in [4.78, 5) is 21.6. The third-order valence-corrected chi connectivity index (χ3v) is 8.51. The quantitative estimate of drug-likeness (QED) is 0.626. The SMILES string of the molecule is C[N+]1(CC2CC2)CC[C@]23c4c5ccc(O)c4O[C@H]2C(=O)CC[C@@]3(O)[C@H]1C5.O=C([O-])C(F)(F)F. The van der Waals surface area contributed by atoms with Crippen LogP contribution in [0.4, 0.5) is 13.2 Å². The van der Waals surface area contributed by atoms with Gasteiger partial charge in [0.1, 0.15) is 17.6 Å². The second-order valence-electron chi connectivity index (χ2n) is 10.4. The number of carbonyl (C=O) groups excluding carboxylic acids is 2. The number of likely N-dealkylation sites (tertiary alicyclic amines) is 1. The number of phenolic OH excluding ortho intramolecular Hbond substituents is 1. The number of ether oxygens (including phenoxy) is 1. The first kappa shape index (κ1) is 22.5. The zero-order valence-electron chi connectivity index (χ0n) is 18.2. The molecule has 2 heterocycles. The van der Waals surface area contributed by atoms with E-state index in [2.05, 4.69) is 7.05 Å². The van der Waals surface area contributed by atoms with Crippen molar-refractivity contribution in [2.75, 3.05) is 20.1 Å². The molecule has 0 amide bonds. The van der Waals surface area contributed by atoms with Crippen LogP contribution in [0.2, 0.25) is 0 Å². The molecule has 3 fully saturated rings. The van der Waals surface area contributed by atoms with E-state index in [1.165, 1.54) is 12.8 Å². The Balaban J connectivity index is 0.000000287. The summed E-state index contributed by atoms with van der Waals surface area (Å²) in [5.41, 5.74) is 0.492. The Kier molecular flexibility index (Phi) is 4.66. The standard InChI is InChI=1S/C21H25NO4.C2HF3O2/c1-22(11-12-2-3-12)9-8-20-17-13-4-5-14(23)18(17)26-19(20)15(24)6-7-21(20,25)16(22)10-13;3-2(4,5)1(6)7/h4-5,12,16,19,25H,2-3,6-11H2,1H3;(H,6,7)/t16-,19+,20+,21-,22?;/m1./s1. The van der Waals surface area contributed by atoms with Crippen LogP contribution < -0.4 is 9.84 Å². The molecule has 5 atom stereocenters. The van der Waals surface area contributed by atoms with Crippen LogP contribution in [0.1, 0.15) is 43.2 Å². The van der Waals surface area contributed by atoms with E-state index in [4.69, 9.17) is 14.6 Å². The van der Waals surface area contributed by atoms with E-state index in [1.54, 1.807) is 6.07 Å². The summed E-state index contributed by atoms with van der Waals surface area (Å²) >= 11 is 0. The predicted molar refractivity (Wildman–Crippen MR) is 105 cm³/mol. The van der Waals surface area contributed by atoms with Crippen LogP contribution >= 0.6 is 0 Å². The topological polar surface area (TPSA) is 107 Å². The zero-order chi connectivity index (χ0) is 24.0. The number of phenols is 1. The van der Waals surface area contributed by atoms with Crippen LogP contribution in [-0.2, 0) is 21.4 Å². The second-order valence-corrected chi connectivity index (χ2v) is 10.4. The van der Waals surface area contributed by atoms with E-state index in [0.29, 0.717) is 18.6 Å². The molecular weight excluding hydrogens is 443 g/mol. The number of rotatable bonds is 2. The van der Waals surface area contributed by atoms with E-state index >= 15 is 0 Å². The Labute approximate surface area is 188 Å². The van der Waals surface area contributed by atoms with Crippen molar-refractivity contribution in [3.63, 3.8) is 0 Å². The third-order valence-electron chi connectivity index (χ3n) is 8.51. The number of hydrogen-bond acceptors (Lipinski definition) is 6. The van der Waals surface area contributed by atoms with Crippen molar-refractivity contribution in [3.8, 4) is 11.5 Å². The number of carbonyl (C=O) groups is 2. The van der Waals surface area contributed by atoms with Gasteiger partial charge in [-0.05, 0) is 30.9 Å². The lowest BCUT2D eigenvalue weighted by Crippen LogP contribution is -2.80. The molecule has 0 radical (unpaired) electrons. The minimum Gasteiger partial charge on any atom is -0.542 e. The summed E-state index contributed by atoms with van der Waals surface area (Å²) in [6.45, 7) is 2.09. The number of ketones is 1. The summed E-state index contributed by atoms with van der Waals surface area (Å²) in [6, 6.07) is 3.77. The lowest BCUT2D eigenvalue weighted by atomic mass is 9.48. The van der Waals surface area contributed by atoms with E-state index in [-0.39, 0.29) is 17.6 Å². The molecule has 1 aromatic carbocycles. The Bertz CT molecular complexity index is 1040. The Morgan fingerprint density at radius 3 is 2.58 bits per heavy atom. The van der Waals surface area contributed by atoms with Crippen molar-refractivity contribution in [2.24, 2.45) is 5.92 Å². The molecule has 2 N–H and O–H groups in total. The molecule has 180 valence electrons. The first-order valence-electron chi connectivity index (χ1n) is 11.2. The van der Waals surface area contributed by atoms with Crippen molar-refractivity contribution in [1.82, 2.24) is 0 Å². The maximum Gasteiger partial charge on any atom is 0.430 e. The monoisotopic (exact) mass is 469 g/mol. The number of quaternary nitrogens is 1. The number of benzene rings is 1.